The zero-order valence-corrected chi connectivity index (χ0v) is 19.4. The van der Waals surface area contributed by atoms with Crippen molar-refractivity contribution in [3.63, 3.8) is 0 Å². The smallest absolute Gasteiger partial charge is 0.410 e. The molecule has 0 aliphatic carbocycles. The maximum atomic E-state index is 12.7. The molecular formula is C21H34N2O5Si. The number of hydrogen-bond acceptors (Lipinski definition) is 5. The zero-order valence-electron chi connectivity index (χ0n) is 18.4. The van der Waals surface area contributed by atoms with Gasteiger partial charge in [-0.25, -0.2) is 4.79 Å². The minimum Gasteiger partial charge on any atom is -0.445 e. The standard InChI is InChI=1S/C21H34N2O5Si/c1-8-11-27-20(26)23-10-9-15(13-23)17(24)12-16-18(19(25)22-16)14(2)28-29(6,7)21(3,4)5/h8-9,14,16,18H,1,10-13H2,2-7H3,(H,22,25)/t14-,16-,18-/m1/s1. The van der Waals surface area contributed by atoms with Gasteiger partial charge in [0, 0.05) is 18.5 Å². The van der Waals surface area contributed by atoms with Crippen LogP contribution in [0.15, 0.2) is 24.3 Å². The van der Waals surface area contributed by atoms with Crippen LogP contribution in [0.4, 0.5) is 4.79 Å². The van der Waals surface area contributed by atoms with Crippen LogP contribution >= 0.6 is 0 Å². The van der Waals surface area contributed by atoms with Crippen molar-refractivity contribution in [2.45, 2.75) is 64.4 Å². The number of ketones is 1. The summed E-state index contributed by atoms with van der Waals surface area (Å²) in [4.78, 5) is 38.3. The molecule has 0 saturated carbocycles. The molecule has 2 aliphatic rings. The van der Waals surface area contributed by atoms with E-state index in [1.54, 1.807) is 6.08 Å². The van der Waals surface area contributed by atoms with E-state index in [0.717, 1.165) is 0 Å². The largest absolute Gasteiger partial charge is 0.445 e. The monoisotopic (exact) mass is 422 g/mol. The van der Waals surface area contributed by atoms with E-state index in [0.29, 0.717) is 12.1 Å². The Morgan fingerprint density at radius 3 is 2.62 bits per heavy atom. The molecule has 0 aromatic carbocycles. The number of amides is 2. The summed E-state index contributed by atoms with van der Waals surface area (Å²) in [5, 5.41) is 2.89. The summed E-state index contributed by atoms with van der Waals surface area (Å²) < 4.78 is 11.4. The first-order valence-electron chi connectivity index (χ1n) is 10.1. The number of carbonyl (C=O) groups is 3. The Morgan fingerprint density at radius 2 is 2.07 bits per heavy atom. The number of hydrogen-bond donors (Lipinski definition) is 1. The average molecular weight is 423 g/mol. The second kappa shape index (κ2) is 8.83. The zero-order chi connectivity index (χ0) is 22.0. The van der Waals surface area contributed by atoms with E-state index in [9.17, 15) is 14.4 Å². The maximum absolute atomic E-state index is 12.7. The van der Waals surface area contributed by atoms with Crippen molar-refractivity contribution in [2.75, 3.05) is 19.7 Å². The van der Waals surface area contributed by atoms with E-state index in [-0.39, 0.29) is 54.4 Å². The van der Waals surface area contributed by atoms with Crippen LogP contribution in [0.2, 0.25) is 18.1 Å². The quantitative estimate of drug-likeness (QED) is 0.369. The van der Waals surface area contributed by atoms with Gasteiger partial charge in [0.25, 0.3) is 0 Å². The minimum atomic E-state index is -2.01. The maximum Gasteiger partial charge on any atom is 0.410 e. The fourth-order valence-electron chi connectivity index (χ4n) is 3.34. The van der Waals surface area contributed by atoms with Crippen molar-refractivity contribution in [1.29, 1.82) is 0 Å². The van der Waals surface area contributed by atoms with Crippen LogP contribution < -0.4 is 5.32 Å². The molecule has 0 radical (unpaired) electrons. The summed E-state index contributed by atoms with van der Waals surface area (Å²) in [5.74, 6) is -0.452. The van der Waals surface area contributed by atoms with Crippen molar-refractivity contribution in [2.24, 2.45) is 5.92 Å². The minimum absolute atomic E-state index is 0.0468. The second-order valence-electron chi connectivity index (χ2n) is 9.33. The molecule has 0 aromatic heterocycles. The highest BCUT2D eigenvalue weighted by Crippen LogP contribution is 2.39. The van der Waals surface area contributed by atoms with Gasteiger partial charge >= 0.3 is 6.09 Å². The molecule has 2 rings (SSSR count). The van der Waals surface area contributed by atoms with Crippen LogP contribution in [0.1, 0.15) is 34.1 Å². The topological polar surface area (TPSA) is 84.9 Å². The van der Waals surface area contributed by atoms with Crippen molar-refractivity contribution >= 4 is 26.1 Å². The van der Waals surface area contributed by atoms with Gasteiger partial charge in [-0.05, 0) is 25.1 Å². The van der Waals surface area contributed by atoms with Crippen molar-refractivity contribution in [1.82, 2.24) is 10.2 Å². The molecule has 1 N–H and O–H groups in total. The molecule has 162 valence electrons. The number of ether oxygens (including phenoxy) is 1. The fourth-order valence-corrected chi connectivity index (χ4v) is 4.77. The van der Waals surface area contributed by atoms with E-state index in [2.05, 4.69) is 45.8 Å². The molecule has 3 atom stereocenters. The lowest BCUT2D eigenvalue weighted by Crippen LogP contribution is -2.64. The number of Topliss-reactive ketones (excluding diaryl/α,β-unsaturated/α-hetero) is 1. The Bertz CT molecular complexity index is 710. The van der Waals surface area contributed by atoms with Crippen molar-refractivity contribution in [3.05, 3.63) is 24.3 Å². The third-order valence-corrected chi connectivity index (χ3v) is 10.7. The van der Waals surface area contributed by atoms with Gasteiger partial charge in [0.15, 0.2) is 14.1 Å². The van der Waals surface area contributed by atoms with Crippen molar-refractivity contribution in [3.8, 4) is 0 Å². The Balaban J connectivity index is 1.91. The number of β-lactam (4-membered cyclic amide) rings is 1. The second-order valence-corrected chi connectivity index (χ2v) is 14.1. The van der Waals surface area contributed by atoms with E-state index < -0.39 is 14.4 Å². The molecule has 29 heavy (non-hydrogen) atoms. The molecule has 0 bridgehead atoms. The summed E-state index contributed by atoms with van der Waals surface area (Å²) >= 11 is 0. The van der Waals surface area contributed by atoms with E-state index >= 15 is 0 Å². The molecule has 7 nitrogen and oxygen atoms in total. The normalized spacial score (nSPS) is 23.0. The first kappa shape index (κ1) is 23.3. The highest BCUT2D eigenvalue weighted by atomic mass is 28.4. The molecule has 2 aliphatic heterocycles. The molecule has 0 spiro atoms. The highest BCUT2D eigenvalue weighted by Gasteiger charge is 2.48. The molecule has 2 heterocycles. The molecule has 1 fully saturated rings. The molecule has 0 unspecified atom stereocenters. The van der Waals surface area contributed by atoms with E-state index in [1.165, 1.54) is 11.0 Å². The van der Waals surface area contributed by atoms with Gasteiger partial charge in [0.1, 0.15) is 6.61 Å². The summed E-state index contributed by atoms with van der Waals surface area (Å²) in [6.07, 6.45) is 2.76. The van der Waals surface area contributed by atoms with Gasteiger partial charge in [0.2, 0.25) is 5.91 Å². The van der Waals surface area contributed by atoms with Gasteiger partial charge in [-0.15, -0.1) is 0 Å². The van der Waals surface area contributed by atoms with Crippen LogP contribution in [-0.4, -0.2) is 62.8 Å². The van der Waals surface area contributed by atoms with Gasteiger partial charge in [0.05, 0.1) is 24.6 Å². The lowest BCUT2D eigenvalue weighted by molar-refractivity contribution is -0.141. The van der Waals surface area contributed by atoms with Gasteiger partial charge in [-0.1, -0.05) is 39.5 Å². The molecule has 1 saturated heterocycles. The van der Waals surface area contributed by atoms with Gasteiger partial charge in [-0.2, -0.15) is 0 Å². The third kappa shape index (κ3) is 5.36. The first-order chi connectivity index (χ1) is 13.4. The van der Waals surface area contributed by atoms with Crippen molar-refractivity contribution < 1.29 is 23.5 Å². The predicted octanol–water partition coefficient (Wildman–Crippen LogP) is 3.04. The SMILES string of the molecule is C=CCOC(=O)N1CC=C(C(=O)C[C@H]2NC(=O)[C@@H]2[C@@H](C)O[Si](C)(C)C(C)(C)C)C1. The molecular weight excluding hydrogens is 388 g/mol. The fraction of sp³-hybridized carbons (Fsp3) is 0.667. The van der Waals surface area contributed by atoms with E-state index in [1.807, 2.05) is 6.92 Å². The summed E-state index contributed by atoms with van der Waals surface area (Å²) in [7, 11) is -2.01. The van der Waals surface area contributed by atoms with E-state index in [4.69, 9.17) is 9.16 Å². The molecule has 0 aromatic rings. The highest BCUT2D eigenvalue weighted by molar-refractivity contribution is 6.74. The first-order valence-corrected chi connectivity index (χ1v) is 13.0. The van der Waals surface area contributed by atoms with Crippen LogP contribution in [-0.2, 0) is 18.8 Å². The number of nitrogens with zero attached hydrogens (tertiary/aromatic N) is 1. The summed E-state index contributed by atoms with van der Waals surface area (Å²) in [6, 6.07) is -0.238. The molecule has 8 heteroatoms. The number of nitrogens with one attached hydrogen (secondary N) is 1. The molecule has 2 amide bonds. The lowest BCUT2D eigenvalue weighted by atomic mass is 9.82. The Morgan fingerprint density at radius 1 is 1.41 bits per heavy atom. The predicted molar refractivity (Wildman–Crippen MR) is 114 cm³/mol. The number of rotatable bonds is 8. The Labute approximate surface area is 174 Å². The van der Waals surface area contributed by atoms with Crippen LogP contribution in [0, 0.1) is 5.92 Å². The van der Waals surface area contributed by atoms with Crippen LogP contribution in [0.5, 0.6) is 0 Å². The third-order valence-electron chi connectivity index (χ3n) is 6.12. The lowest BCUT2D eigenvalue weighted by Gasteiger charge is -2.45. The Hall–Kier alpha value is -1.93. The summed E-state index contributed by atoms with van der Waals surface area (Å²) in [6.45, 7) is 16.9. The van der Waals surface area contributed by atoms with Gasteiger partial charge < -0.3 is 19.4 Å². The van der Waals surface area contributed by atoms with Crippen LogP contribution in [0.25, 0.3) is 0 Å². The summed E-state index contributed by atoms with van der Waals surface area (Å²) in [5.41, 5.74) is 0.582. The number of carbonyl (C=O) groups excluding carboxylic acids is 3. The average Bonchev–Trinajstić information content (AvgIpc) is 3.07. The Kier molecular flexibility index (Phi) is 7.11. The van der Waals surface area contributed by atoms with Crippen LogP contribution in [0.3, 0.4) is 0 Å². The van der Waals surface area contributed by atoms with Gasteiger partial charge in [-0.3, -0.25) is 9.59 Å².